The van der Waals surface area contributed by atoms with Crippen LogP contribution < -0.4 is 15.5 Å². The summed E-state index contributed by atoms with van der Waals surface area (Å²) >= 11 is 5.60. The summed E-state index contributed by atoms with van der Waals surface area (Å²) in [7, 11) is 0. The maximum atomic E-state index is 5.60. The second-order valence-electron chi connectivity index (χ2n) is 7.35. The van der Waals surface area contributed by atoms with E-state index in [0.29, 0.717) is 11.2 Å². The van der Waals surface area contributed by atoms with Crippen LogP contribution in [0.15, 0.2) is 48.5 Å². The molecule has 1 saturated heterocycles. The van der Waals surface area contributed by atoms with E-state index in [1.54, 1.807) is 4.90 Å². The summed E-state index contributed by atoms with van der Waals surface area (Å²) in [5, 5.41) is 7.52. The Labute approximate surface area is 167 Å². The summed E-state index contributed by atoms with van der Waals surface area (Å²) in [4.78, 5) is 1.54. The lowest BCUT2D eigenvalue weighted by Crippen LogP contribution is -3.15. The average molecular weight is 385 g/mol. The summed E-state index contributed by atoms with van der Waals surface area (Å²) in [6.45, 7) is 10.1. The number of ether oxygens (including phenoxy) is 1. The molecule has 144 valence electrons. The Morgan fingerprint density at radius 3 is 2.41 bits per heavy atom. The van der Waals surface area contributed by atoms with Crippen LogP contribution in [0.5, 0.6) is 0 Å². The van der Waals surface area contributed by atoms with Gasteiger partial charge in [0.15, 0.2) is 5.11 Å². The molecule has 0 saturated carbocycles. The second kappa shape index (κ2) is 9.31. The molecule has 0 spiro atoms. The van der Waals surface area contributed by atoms with Crippen LogP contribution >= 0.6 is 12.2 Å². The van der Waals surface area contributed by atoms with Gasteiger partial charge in [0.2, 0.25) is 0 Å². The number of thiocarbonyl (C=S) groups is 1. The molecule has 0 aliphatic carbocycles. The lowest BCUT2D eigenvalue weighted by Gasteiger charge is -2.35. The number of anilines is 1. The van der Waals surface area contributed by atoms with Crippen molar-refractivity contribution in [1.29, 1.82) is 0 Å². The van der Waals surface area contributed by atoms with Crippen molar-refractivity contribution in [2.45, 2.75) is 32.9 Å². The first-order chi connectivity index (χ1) is 13.0. The molecule has 2 aromatic rings. The van der Waals surface area contributed by atoms with E-state index in [2.05, 4.69) is 79.9 Å². The summed E-state index contributed by atoms with van der Waals surface area (Å²) in [6, 6.07) is 17.6. The van der Waals surface area contributed by atoms with E-state index in [0.717, 1.165) is 32.0 Å². The number of morpholine rings is 1. The van der Waals surface area contributed by atoms with E-state index in [1.807, 2.05) is 0 Å². The van der Waals surface area contributed by atoms with Crippen LogP contribution in [0.4, 0.5) is 5.69 Å². The molecule has 0 bridgehead atoms. The molecule has 27 heavy (non-hydrogen) atoms. The van der Waals surface area contributed by atoms with Gasteiger partial charge in [0.1, 0.15) is 19.1 Å². The van der Waals surface area contributed by atoms with Crippen LogP contribution in [0.1, 0.15) is 29.7 Å². The Balaban J connectivity index is 1.70. The molecule has 1 aliphatic heterocycles. The second-order valence-corrected chi connectivity index (χ2v) is 7.75. The Morgan fingerprint density at radius 2 is 1.74 bits per heavy atom. The van der Waals surface area contributed by atoms with Gasteiger partial charge in [-0.25, -0.2) is 0 Å². The van der Waals surface area contributed by atoms with Crippen molar-refractivity contribution >= 4 is 23.0 Å². The van der Waals surface area contributed by atoms with Gasteiger partial charge in [0.25, 0.3) is 0 Å². The van der Waals surface area contributed by atoms with E-state index in [-0.39, 0.29) is 6.04 Å². The van der Waals surface area contributed by atoms with Crippen LogP contribution in [-0.2, 0) is 4.74 Å². The largest absolute Gasteiger partial charge is 0.370 e. The topological polar surface area (TPSA) is 37.7 Å². The van der Waals surface area contributed by atoms with E-state index >= 15 is 0 Å². The quantitative estimate of drug-likeness (QED) is 0.693. The van der Waals surface area contributed by atoms with Crippen molar-refractivity contribution in [3.05, 3.63) is 65.2 Å². The van der Waals surface area contributed by atoms with Crippen molar-refractivity contribution in [2.75, 3.05) is 31.6 Å². The third kappa shape index (κ3) is 5.28. The molecule has 0 amide bonds. The zero-order valence-electron chi connectivity index (χ0n) is 16.4. The van der Waals surface area contributed by atoms with Crippen molar-refractivity contribution in [3.8, 4) is 0 Å². The van der Waals surface area contributed by atoms with E-state index in [4.69, 9.17) is 17.0 Å². The first-order valence-corrected chi connectivity index (χ1v) is 10.1. The lowest BCUT2D eigenvalue weighted by atomic mass is 9.98. The highest BCUT2D eigenvalue weighted by Crippen LogP contribution is 2.16. The molecule has 5 heteroatoms. The Morgan fingerprint density at radius 1 is 1.04 bits per heavy atom. The molecular weight excluding hydrogens is 354 g/mol. The van der Waals surface area contributed by atoms with Crippen LogP contribution in [0, 0.1) is 13.8 Å². The first-order valence-electron chi connectivity index (χ1n) is 9.66. The molecule has 0 unspecified atom stereocenters. The van der Waals surface area contributed by atoms with E-state index in [1.165, 1.54) is 16.7 Å². The number of hydrogen-bond donors (Lipinski definition) is 3. The maximum absolute atomic E-state index is 5.60. The fraction of sp³-hybridized carbons (Fsp3) is 0.409. The van der Waals surface area contributed by atoms with Crippen LogP contribution in [0.25, 0.3) is 0 Å². The predicted molar refractivity (Wildman–Crippen MR) is 115 cm³/mol. The van der Waals surface area contributed by atoms with Gasteiger partial charge in [0.05, 0.1) is 19.3 Å². The monoisotopic (exact) mass is 384 g/mol. The molecule has 1 heterocycles. The van der Waals surface area contributed by atoms with Gasteiger partial charge in [-0.1, -0.05) is 36.4 Å². The Bertz CT molecular complexity index is 759. The highest BCUT2D eigenvalue weighted by atomic mass is 32.1. The molecule has 0 radical (unpaired) electrons. The van der Waals surface area contributed by atoms with Gasteiger partial charge < -0.3 is 20.3 Å². The van der Waals surface area contributed by atoms with Crippen molar-refractivity contribution in [1.82, 2.24) is 5.32 Å². The molecule has 1 fully saturated rings. The van der Waals surface area contributed by atoms with Crippen molar-refractivity contribution in [2.24, 2.45) is 0 Å². The number of rotatable bonds is 5. The number of aryl methyl sites for hydroxylation is 2. The highest BCUT2D eigenvalue weighted by molar-refractivity contribution is 7.80. The first kappa shape index (κ1) is 19.8. The lowest BCUT2D eigenvalue weighted by molar-refractivity contribution is -0.940. The van der Waals surface area contributed by atoms with Crippen LogP contribution in [0.3, 0.4) is 0 Å². The third-order valence-corrected chi connectivity index (χ3v) is 5.58. The molecule has 3 rings (SSSR count). The van der Waals surface area contributed by atoms with Gasteiger partial charge >= 0.3 is 0 Å². The molecule has 4 nitrogen and oxygen atoms in total. The summed E-state index contributed by atoms with van der Waals surface area (Å²) in [5.74, 6) is 0. The van der Waals surface area contributed by atoms with Crippen LogP contribution in [0.2, 0.25) is 0 Å². The van der Waals surface area contributed by atoms with Gasteiger partial charge in [0, 0.05) is 11.3 Å². The number of nitrogens with one attached hydrogen (secondary N) is 3. The van der Waals surface area contributed by atoms with Gasteiger partial charge in [-0.3, -0.25) is 0 Å². The SMILES string of the molecule is Cc1ccc(NC(=S)N[C@H](C)[C@H](c2ccccc2)[NH+]2CCOCC2)cc1C. The minimum Gasteiger partial charge on any atom is -0.370 e. The van der Waals surface area contributed by atoms with E-state index < -0.39 is 0 Å². The predicted octanol–water partition coefficient (Wildman–Crippen LogP) is 2.63. The fourth-order valence-corrected chi connectivity index (χ4v) is 4.06. The molecule has 3 N–H and O–H groups in total. The number of benzene rings is 2. The average Bonchev–Trinajstić information content (AvgIpc) is 2.66. The van der Waals surface area contributed by atoms with Crippen molar-refractivity contribution < 1.29 is 9.64 Å². The summed E-state index contributed by atoms with van der Waals surface area (Å²) in [5.41, 5.74) is 4.91. The van der Waals surface area contributed by atoms with Gasteiger partial charge in [-0.05, 0) is 56.2 Å². The number of quaternary nitrogens is 1. The Hall–Kier alpha value is -1.95. The smallest absolute Gasteiger partial charge is 0.171 e. The number of hydrogen-bond acceptors (Lipinski definition) is 2. The maximum Gasteiger partial charge on any atom is 0.171 e. The Kier molecular flexibility index (Phi) is 6.83. The normalized spacial score (nSPS) is 17.1. The zero-order chi connectivity index (χ0) is 19.2. The summed E-state index contributed by atoms with van der Waals surface area (Å²) in [6.07, 6.45) is 0. The molecule has 2 aromatic carbocycles. The molecule has 0 aromatic heterocycles. The minimum absolute atomic E-state index is 0.201. The summed E-state index contributed by atoms with van der Waals surface area (Å²) < 4.78 is 5.57. The molecule has 1 aliphatic rings. The molecular formula is C22H30N3OS+. The van der Waals surface area contributed by atoms with Crippen LogP contribution in [-0.4, -0.2) is 37.5 Å². The highest BCUT2D eigenvalue weighted by Gasteiger charge is 2.31. The fourth-order valence-electron chi connectivity index (χ4n) is 3.76. The zero-order valence-corrected chi connectivity index (χ0v) is 17.2. The van der Waals surface area contributed by atoms with Gasteiger partial charge in [-0.2, -0.15) is 0 Å². The standard InChI is InChI=1S/C22H29N3OS/c1-16-9-10-20(15-17(16)2)24-22(27)23-18(3)21(19-7-5-4-6-8-19)25-11-13-26-14-12-25/h4-10,15,18,21H,11-14H2,1-3H3,(H2,23,24,27)/p+1/t18-,21-/m1/s1. The molecule has 2 atom stereocenters. The minimum atomic E-state index is 0.201. The van der Waals surface area contributed by atoms with E-state index in [9.17, 15) is 0 Å². The van der Waals surface area contributed by atoms with Crippen molar-refractivity contribution in [3.63, 3.8) is 0 Å². The third-order valence-electron chi connectivity index (χ3n) is 5.36. The van der Waals surface area contributed by atoms with Gasteiger partial charge in [-0.15, -0.1) is 0 Å².